The molecule has 1 aliphatic carbocycles. The Labute approximate surface area is 139 Å². The molecule has 24 heavy (non-hydrogen) atoms. The number of anilines is 1. The van der Waals surface area contributed by atoms with Crippen LogP contribution in [0.4, 0.5) is 5.95 Å². The van der Waals surface area contributed by atoms with E-state index in [1.54, 1.807) is 12.1 Å². The van der Waals surface area contributed by atoms with Crippen LogP contribution in [0.25, 0.3) is 0 Å². The summed E-state index contributed by atoms with van der Waals surface area (Å²) in [7, 11) is 0. The zero-order valence-corrected chi connectivity index (χ0v) is 13.4. The molecule has 2 aromatic rings. The zero-order valence-electron chi connectivity index (χ0n) is 13.4. The number of nitrogens with zero attached hydrogens (tertiary/aromatic N) is 3. The lowest BCUT2D eigenvalue weighted by atomic mass is 9.77. The molecule has 1 saturated heterocycles. The Bertz CT molecular complexity index is 784. The van der Waals surface area contributed by atoms with Crippen molar-refractivity contribution in [1.82, 2.24) is 14.9 Å². The Morgan fingerprint density at radius 2 is 2.29 bits per heavy atom. The van der Waals surface area contributed by atoms with E-state index in [0.717, 1.165) is 36.9 Å². The summed E-state index contributed by atoms with van der Waals surface area (Å²) in [5, 5.41) is 9.10. The smallest absolute Gasteiger partial charge is 0.289 e. The second kappa shape index (κ2) is 5.59. The molecule has 2 aliphatic rings. The SMILES string of the molecule is Nc1ncc2c(n1)C1(CCCN(C(=O)c3ccc(CO)o3)C1)CC2. The first kappa shape index (κ1) is 15.1. The van der Waals surface area contributed by atoms with Crippen LogP contribution in [0.2, 0.25) is 0 Å². The average Bonchev–Trinajstić information content (AvgIpc) is 3.21. The number of aliphatic hydroxyl groups excluding tert-OH is 1. The molecule has 1 atom stereocenters. The summed E-state index contributed by atoms with van der Waals surface area (Å²) in [5.74, 6) is 0.828. The fraction of sp³-hybridized carbons (Fsp3) is 0.471. The maximum atomic E-state index is 12.7. The number of aryl methyl sites for hydroxylation is 1. The standard InChI is InChI=1S/C17H20N4O3/c18-16-19-8-11-4-6-17(14(11)20-16)5-1-7-21(10-17)15(23)13-3-2-12(9-22)24-13/h2-3,8,22H,1,4-7,9-10H2,(H2,18,19,20). The van der Waals surface area contributed by atoms with E-state index in [0.29, 0.717) is 18.8 Å². The van der Waals surface area contributed by atoms with Crippen LogP contribution in [-0.4, -0.2) is 39.0 Å². The lowest BCUT2D eigenvalue weighted by molar-refractivity contribution is 0.0597. The number of hydrogen-bond donors (Lipinski definition) is 2. The first-order valence-corrected chi connectivity index (χ1v) is 8.22. The van der Waals surface area contributed by atoms with Crippen LogP contribution in [0, 0.1) is 0 Å². The number of nitrogens with two attached hydrogens (primary N) is 1. The van der Waals surface area contributed by atoms with Gasteiger partial charge in [-0.05, 0) is 43.4 Å². The number of rotatable bonds is 2. The molecule has 4 rings (SSSR count). The number of aliphatic hydroxyl groups is 1. The number of aromatic nitrogens is 2. The van der Waals surface area contributed by atoms with Crippen LogP contribution in [0.5, 0.6) is 0 Å². The minimum atomic E-state index is -0.208. The fourth-order valence-electron chi connectivity index (χ4n) is 3.99. The number of amides is 1. The van der Waals surface area contributed by atoms with Crippen molar-refractivity contribution in [2.24, 2.45) is 0 Å². The lowest BCUT2D eigenvalue weighted by Crippen LogP contribution is -2.47. The molecule has 2 aromatic heterocycles. The number of carbonyl (C=O) groups excluding carboxylic acids is 1. The molecule has 0 aromatic carbocycles. The van der Waals surface area contributed by atoms with E-state index in [2.05, 4.69) is 9.97 Å². The summed E-state index contributed by atoms with van der Waals surface area (Å²) >= 11 is 0. The Kier molecular flexibility index (Phi) is 3.53. The number of likely N-dealkylation sites (tertiary alicyclic amines) is 1. The summed E-state index contributed by atoms with van der Waals surface area (Å²) in [6, 6.07) is 3.25. The van der Waals surface area contributed by atoms with E-state index in [9.17, 15) is 4.79 Å². The van der Waals surface area contributed by atoms with Crippen LogP contribution in [0.3, 0.4) is 0 Å². The van der Waals surface area contributed by atoms with Crippen LogP contribution in [0.15, 0.2) is 22.7 Å². The fourth-order valence-corrected chi connectivity index (χ4v) is 3.99. The zero-order chi connectivity index (χ0) is 16.7. The van der Waals surface area contributed by atoms with Crippen molar-refractivity contribution in [1.29, 1.82) is 0 Å². The van der Waals surface area contributed by atoms with Crippen molar-refractivity contribution in [3.05, 3.63) is 41.1 Å². The number of hydrogen-bond acceptors (Lipinski definition) is 6. The Morgan fingerprint density at radius 3 is 3.08 bits per heavy atom. The third kappa shape index (κ3) is 2.36. The molecule has 7 heteroatoms. The first-order chi connectivity index (χ1) is 11.6. The third-order valence-corrected chi connectivity index (χ3v) is 5.15. The van der Waals surface area contributed by atoms with Gasteiger partial charge in [0.1, 0.15) is 12.4 Å². The van der Waals surface area contributed by atoms with E-state index >= 15 is 0 Å². The Hall–Kier alpha value is -2.41. The minimum Gasteiger partial charge on any atom is -0.453 e. The number of fused-ring (bicyclic) bond motifs is 2. The highest BCUT2D eigenvalue weighted by Gasteiger charge is 2.45. The molecule has 1 amide bonds. The highest BCUT2D eigenvalue weighted by atomic mass is 16.4. The molecule has 1 unspecified atom stereocenters. The van der Waals surface area contributed by atoms with Crippen molar-refractivity contribution >= 4 is 11.9 Å². The van der Waals surface area contributed by atoms with Crippen LogP contribution in [0.1, 0.15) is 46.8 Å². The Balaban J connectivity index is 1.61. The van der Waals surface area contributed by atoms with Gasteiger partial charge in [-0.15, -0.1) is 0 Å². The Morgan fingerprint density at radius 1 is 1.42 bits per heavy atom. The number of carbonyl (C=O) groups is 1. The van der Waals surface area contributed by atoms with Gasteiger partial charge >= 0.3 is 0 Å². The number of furan rings is 1. The van der Waals surface area contributed by atoms with E-state index in [1.165, 1.54) is 0 Å². The van der Waals surface area contributed by atoms with Crippen molar-refractivity contribution in [2.45, 2.75) is 37.7 Å². The van der Waals surface area contributed by atoms with Crippen molar-refractivity contribution in [3.63, 3.8) is 0 Å². The van der Waals surface area contributed by atoms with Gasteiger partial charge in [0.05, 0.1) is 5.69 Å². The van der Waals surface area contributed by atoms with Gasteiger partial charge in [-0.25, -0.2) is 9.97 Å². The van der Waals surface area contributed by atoms with Gasteiger partial charge in [-0.3, -0.25) is 4.79 Å². The number of piperidine rings is 1. The maximum Gasteiger partial charge on any atom is 0.289 e. The van der Waals surface area contributed by atoms with Gasteiger partial charge in [0, 0.05) is 24.7 Å². The van der Waals surface area contributed by atoms with E-state index < -0.39 is 0 Å². The molecule has 3 heterocycles. The molecule has 0 bridgehead atoms. The molecule has 3 N–H and O–H groups in total. The predicted octanol–water partition coefficient (Wildman–Crippen LogP) is 1.26. The molecule has 0 saturated carbocycles. The second-order valence-electron chi connectivity index (χ2n) is 6.64. The third-order valence-electron chi connectivity index (χ3n) is 5.15. The van der Waals surface area contributed by atoms with Crippen molar-refractivity contribution < 1.29 is 14.3 Å². The van der Waals surface area contributed by atoms with E-state index in [-0.39, 0.29) is 29.6 Å². The van der Waals surface area contributed by atoms with Crippen LogP contribution in [-0.2, 0) is 18.4 Å². The largest absolute Gasteiger partial charge is 0.453 e. The lowest BCUT2D eigenvalue weighted by Gasteiger charge is -2.40. The molecule has 1 fully saturated rings. The van der Waals surface area contributed by atoms with Crippen LogP contribution < -0.4 is 5.73 Å². The first-order valence-electron chi connectivity index (χ1n) is 8.22. The van der Waals surface area contributed by atoms with Crippen LogP contribution >= 0.6 is 0 Å². The van der Waals surface area contributed by atoms with Crippen molar-refractivity contribution in [3.8, 4) is 0 Å². The summed E-state index contributed by atoms with van der Waals surface area (Å²) in [6.45, 7) is 1.11. The molecule has 1 spiro atoms. The van der Waals surface area contributed by atoms with Gasteiger partial charge in [0.2, 0.25) is 5.95 Å². The topological polar surface area (TPSA) is 105 Å². The van der Waals surface area contributed by atoms with Gasteiger partial charge in [-0.1, -0.05) is 0 Å². The monoisotopic (exact) mass is 328 g/mol. The average molecular weight is 328 g/mol. The highest BCUT2D eigenvalue weighted by molar-refractivity contribution is 5.91. The summed E-state index contributed by atoms with van der Waals surface area (Å²) in [4.78, 5) is 23.1. The summed E-state index contributed by atoms with van der Waals surface area (Å²) < 4.78 is 5.40. The molecular weight excluding hydrogens is 308 g/mol. The van der Waals surface area contributed by atoms with Gasteiger partial charge < -0.3 is 20.2 Å². The minimum absolute atomic E-state index is 0.132. The number of nitrogen functional groups attached to an aromatic ring is 1. The molecule has 126 valence electrons. The highest BCUT2D eigenvalue weighted by Crippen LogP contribution is 2.44. The summed E-state index contributed by atoms with van der Waals surface area (Å²) in [5.41, 5.74) is 7.79. The van der Waals surface area contributed by atoms with E-state index in [4.69, 9.17) is 15.3 Å². The van der Waals surface area contributed by atoms with E-state index in [1.807, 2.05) is 11.1 Å². The predicted molar refractivity (Wildman–Crippen MR) is 86.2 cm³/mol. The maximum absolute atomic E-state index is 12.7. The van der Waals surface area contributed by atoms with Gasteiger partial charge in [-0.2, -0.15) is 0 Å². The van der Waals surface area contributed by atoms with Crippen molar-refractivity contribution in [2.75, 3.05) is 18.8 Å². The normalized spacial score (nSPS) is 22.8. The van der Waals surface area contributed by atoms with Gasteiger partial charge in [0.25, 0.3) is 5.91 Å². The second-order valence-corrected chi connectivity index (χ2v) is 6.64. The quantitative estimate of drug-likeness (QED) is 0.860. The molecular formula is C17H20N4O3. The van der Waals surface area contributed by atoms with Gasteiger partial charge in [0.15, 0.2) is 5.76 Å². The molecule has 7 nitrogen and oxygen atoms in total. The molecule has 0 radical (unpaired) electrons. The molecule has 1 aliphatic heterocycles. The summed E-state index contributed by atoms with van der Waals surface area (Å²) in [6.07, 6.45) is 5.62.